The molecule has 1 aromatic heterocycles. The minimum atomic E-state index is -0.0478. The van der Waals surface area contributed by atoms with Gasteiger partial charge in [0.2, 0.25) is 12.7 Å². The smallest absolute Gasteiger partial charge is 0.244 e. The molecule has 2 aliphatic heterocycles. The first-order chi connectivity index (χ1) is 13.3. The third-order valence-corrected chi connectivity index (χ3v) is 5.81. The van der Waals surface area contributed by atoms with E-state index in [0.29, 0.717) is 5.92 Å². The molecule has 1 fully saturated rings. The number of carbonyl (C=O) groups excluding carboxylic acids is 1. The highest BCUT2D eigenvalue weighted by atomic mass is 32.1. The second kappa shape index (κ2) is 8.59. The fraction of sp³-hybridized carbons (Fsp3) is 0.381. The number of nitrogens with zero attached hydrogens (tertiary/aromatic N) is 1. The van der Waals surface area contributed by atoms with Crippen molar-refractivity contribution in [2.24, 2.45) is 5.92 Å². The summed E-state index contributed by atoms with van der Waals surface area (Å²) in [6.07, 6.45) is 5.66. The predicted octanol–water partition coefficient (Wildman–Crippen LogP) is 3.52. The van der Waals surface area contributed by atoms with E-state index in [-0.39, 0.29) is 12.7 Å². The van der Waals surface area contributed by atoms with E-state index >= 15 is 0 Å². The molecule has 0 atom stereocenters. The minimum absolute atomic E-state index is 0.0478. The van der Waals surface area contributed by atoms with Crippen LogP contribution in [0.15, 0.2) is 41.1 Å². The van der Waals surface area contributed by atoms with Gasteiger partial charge in [0.25, 0.3) is 0 Å². The lowest BCUT2D eigenvalue weighted by Crippen LogP contribution is -2.37. The van der Waals surface area contributed by atoms with E-state index in [1.807, 2.05) is 18.2 Å². The van der Waals surface area contributed by atoms with Gasteiger partial charge in [-0.1, -0.05) is 6.07 Å². The molecule has 0 spiro atoms. The van der Waals surface area contributed by atoms with Gasteiger partial charge in [-0.2, -0.15) is 11.3 Å². The largest absolute Gasteiger partial charge is 0.454 e. The number of rotatable bonds is 6. The summed E-state index contributed by atoms with van der Waals surface area (Å²) in [4.78, 5) is 14.6. The molecule has 1 saturated heterocycles. The number of thiophene rings is 1. The molecule has 2 aliphatic rings. The summed E-state index contributed by atoms with van der Waals surface area (Å²) in [6.45, 7) is 4.25. The Labute approximate surface area is 163 Å². The van der Waals surface area contributed by atoms with Crippen molar-refractivity contribution in [3.63, 3.8) is 0 Å². The van der Waals surface area contributed by atoms with Gasteiger partial charge in [0.1, 0.15) is 0 Å². The van der Waals surface area contributed by atoms with Crippen LogP contribution in [-0.2, 0) is 11.3 Å². The maximum absolute atomic E-state index is 12.1. The average Bonchev–Trinajstić information content (AvgIpc) is 3.37. The number of ether oxygens (including phenoxy) is 2. The highest BCUT2D eigenvalue weighted by molar-refractivity contribution is 7.07. The molecule has 4 rings (SSSR count). The molecule has 2 aromatic rings. The van der Waals surface area contributed by atoms with Gasteiger partial charge in [0.15, 0.2) is 11.5 Å². The molecule has 1 N–H and O–H groups in total. The zero-order chi connectivity index (χ0) is 18.5. The monoisotopic (exact) mass is 384 g/mol. The van der Waals surface area contributed by atoms with Crippen molar-refractivity contribution in [3.05, 3.63) is 52.2 Å². The van der Waals surface area contributed by atoms with Crippen LogP contribution in [0.4, 0.5) is 0 Å². The molecular formula is C21H24N2O3S. The van der Waals surface area contributed by atoms with Crippen LogP contribution in [0, 0.1) is 5.92 Å². The Hall–Kier alpha value is -2.31. The SMILES string of the molecule is O=C(C=Cc1ccc2c(c1)OCO2)NCC1CCN(Cc2ccsc2)CC1. The predicted molar refractivity (Wildman–Crippen MR) is 107 cm³/mol. The van der Waals surface area contributed by atoms with Crippen molar-refractivity contribution in [3.8, 4) is 11.5 Å². The molecule has 1 amide bonds. The van der Waals surface area contributed by atoms with Crippen molar-refractivity contribution in [1.29, 1.82) is 0 Å². The maximum atomic E-state index is 12.1. The molecule has 27 heavy (non-hydrogen) atoms. The normalized spacial score (nSPS) is 17.5. The van der Waals surface area contributed by atoms with Gasteiger partial charge >= 0.3 is 0 Å². The number of fused-ring (bicyclic) bond motifs is 1. The lowest BCUT2D eigenvalue weighted by atomic mass is 9.96. The molecule has 5 nitrogen and oxygen atoms in total. The van der Waals surface area contributed by atoms with Gasteiger partial charge in [-0.3, -0.25) is 9.69 Å². The average molecular weight is 385 g/mol. The zero-order valence-corrected chi connectivity index (χ0v) is 16.0. The van der Waals surface area contributed by atoms with Crippen LogP contribution in [0.2, 0.25) is 0 Å². The van der Waals surface area contributed by atoms with E-state index in [1.54, 1.807) is 23.5 Å². The number of hydrogen-bond acceptors (Lipinski definition) is 5. The van der Waals surface area contributed by atoms with Gasteiger partial charge in [-0.25, -0.2) is 0 Å². The van der Waals surface area contributed by atoms with Crippen molar-refractivity contribution >= 4 is 23.3 Å². The lowest BCUT2D eigenvalue weighted by molar-refractivity contribution is -0.116. The summed E-state index contributed by atoms with van der Waals surface area (Å²) >= 11 is 1.75. The number of benzene rings is 1. The first-order valence-corrected chi connectivity index (χ1v) is 10.3. The molecule has 142 valence electrons. The zero-order valence-electron chi connectivity index (χ0n) is 15.2. The standard InChI is InChI=1S/C21H24N2O3S/c24-21(4-2-16-1-3-19-20(11-16)26-15-25-19)22-12-17-5-8-23(9-6-17)13-18-7-10-27-14-18/h1-4,7,10-11,14,17H,5-6,8-9,12-13,15H2,(H,22,24). The fourth-order valence-corrected chi connectivity index (χ4v) is 4.14. The summed E-state index contributed by atoms with van der Waals surface area (Å²) in [5.74, 6) is 1.99. The first-order valence-electron chi connectivity index (χ1n) is 9.35. The molecule has 0 unspecified atom stereocenters. The van der Waals surface area contributed by atoms with E-state index in [4.69, 9.17) is 9.47 Å². The summed E-state index contributed by atoms with van der Waals surface area (Å²) in [5, 5.41) is 7.39. The summed E-state index contributed by atoms with van der Waals surface area (Å²) in [5.41, 5.74) is 2.33. The van der Waals surface area contributed by atoms with E-state index < -0.39 is 0 Å². The maximum Gasteiger partial charge on any atom is 0.244 e. The van der Waals surface area contributed by atoms with Crippen molar-refractivity contribution in [2.45, 2.75) is 19.4 Å². The first kappa shape index (κ1) is 18.1. The number of amides is 1. The Morgan fingerprint density at radius 3 is 2.89 bits per heavy atom. The van der Waals surface area contributed by atoms with Gasteiger partial charge in [0, 0.05) is 19.2 Å². The van der Waals surface area contributed by atoms with Crippen LogP contribution >= 0.6 is 11.3 Å². The number of piperidine rings is 1. The molecule has 0 aliphatic carbocycles. The number of carbonyl (C=O) groups is 1. The van der Waals surface area contributed by atoms with Crippen LogP contribution < -0.4 is 14.8 Å². The van der Waals surface area contributed by atoms with Crippen LogP contribution in [0.3, 0.4) is 0 Å². The van der Waals surface area contributed by atoms with Gasteiger partial charge in [0.05, 0.1) is 0 Å². The lowest BCUT2D eigenvalue weighted by Gasteiger charge is -2.31. The minimum Gasteiger partial charge on any atom is -0.454 e. The Balaban J connectivity index is 1.18. The topological polar surface area (TPSA) is 50.8 Å². The van der Waals surface area contributed by atoms with Crippen LogP contribution in [-0.4, -0.2) is 37.2 Å². The Bertz CT molecular complexity index is 796. The van der Waals surface area contributed by atoms with Crippen LogP contribution in [0.5, 0.6) is 11.5 Å². The van der Waals surface area contributed by atoms with Crippen molar-refractivity contribution < 1.29 is 14.3 Å². The highest BCUT2D eigenvalue weighted by Crippen LogP contribution is 2.32. The van der Waals surface area contributed by atoms with E-state index in [1.165, 1.54) is 5.56 Å². The van der Waals surface area contributed by atoms with Gasteiger partial charge in [-0.05, 0) is 78.0 Å². The quantitative estimate of drug-likeness (QED) is 0.775. The number of nitrogens with one attached hydrogen (secondary N) is 1. The highest BCUT2D eigenvalue weighted by Gasteiger charge is 2.19. The number of likely N-dealkylation sites (tertiary alicyclic amines) is 1. The molecule has 6 heteroatoms. The van der Waals surface area contributed by atoms with Gasteiger partial charge in [-0.15, -0.1) is 0 Å². The van der Waals surface area contributed by atoms with Crippen LogP contribution in [0.25, 0.3) is 6.08 Å². The molecule has 3 heterocycles. The Morgan fingerprint density at radius 2 is 2.07 bits per heavy atom. The van der Waals surface area contributed by atoms with E-state index in [0.717, 1.165) is 56.1 Å². The molecule has 0 saturated carbocycles. The third kappa shape index (κ3) is 4.90. The van der Waals surface area contributed by atoms with Crippen molar-refractivity contribution in [2.75, 3.05) is 26.4 Å². The summed E-state index contributed by atoms with van der Waals surface area (Å²) < 4.78 is 10.6. The van der Waals surface area contributed by atoms with E-state index in [9.17, 15) is 4.79 Å². The molecule has 0 bridgehead atoms. The molecular weight excluding hydrogens is 360 g/mol. The summed E-state index contributed by atoms with van der Waals surface area (Å²) in [6, 6.07) is 7.86. The van der Waals surface area contributed by atoms with Crippen molar-refractivity contribution in [1.82, 2.24) is 10.2 Å². The second-order valence-corrected chi connectivity index (χ2v) is 7.82. The van der Waals surface area contributed by atoms with Crippen LogP contribution in [0.1, 0.15) is 24.0 Å². The second-order valence-electron chi connectivity index (χ2n) is 7.04. The molecule has 0 radical (unpaired) electrons. The number of hydrogen-bond donors (Lipinski definition) is 1. The summed E-state index contributed by atoms with van der Waals surface area (Å²) in [7, 11) is 0. The Kier molecular flexibility index (Phi) is 5.75. The fourth-order valence-electron chi connectivity index (χ4n) is 3.48. The Morgan fingerprint density at radius 1 is 1.22 bits per heavy atom. The third-order valence-electron chi connectivity index (χ3n) is 5.08. The van der Waals surface area contributed by atoms with E-state index in [2.05, 4.69) is 27.0 Å². The van der Waals surface area contributed by atoms with Gasteiger partial charge < -0.3 is 14.8 Å². The molecule has 1 aromatic carbocycles.